The van der Waals surface area contributed by atoms with E-state index in [1.807, 2.05) is 30.6 Å². The van der Waals surface area contributed by atoms with Gasteiger partial charge < -0.3 is 9.80 Å². The van der Waals surface area contributed by atoms with Gasteiger partial charge in [-0.1, -0.05) is 0 Å². The first-order valence-electron chi connectivity index (χ1n) is 9.05. The molecule has 0 radical (unpaired) electrons. The van der Waals surface area contributed by atoms with Gasteiger partial charge >= 0.3 is 0 Å². The van der Waals surface area contributed by atoms with Crippen LogP contribution in [0.5, 0.6) is 0 Å². The second kappa shape index (κ2) is 7.17. The normalized spacial score (nSPS) is 23.7. The lowest BCUT2D eigenvalue weighted by molar-refractivity contribution is -0.136. The molecule has 2 aromatic heterocycles. The van der Waals surface area contributed by atoms with Gasteiger partial charge in [0.2, 0.25) is 11.9 Å². The zero-order valence-electron chi connectivity index (χ0n) is 14.3. The smallest absolute Gasteiger partial charge is 0.227 e. The molecule has 4 heterocycles. The molecule has 1 amide bonds. The maximum absolute atomic E-state index is 13.2. The Hall–Kier alpha value is -2.50. The van der Waals surface area contributed by atoms with Gasteiger partial charge in [-0.05, 0) is 49.4 Å². The fourth-order valence-corrected chi connectivity index (χ4v) is 4.01. The molecule has 0 spiro atoms. The number of hydrogen-bond donors (Lipinski definition) is 0. The summed E-state index contributed by atoms with van der Waals surface area (Å²) in [4.78, 5) is 30.2. The molecule has 4 rings (SSSR count). The molecule has 2 fully saturated rings. The van der Waals surface area contributed by atoms with E-state index in [-0.39, 0.29) is 17.9 Å². The maximum Gasteiger partial charge on any atom is 0.227 e. The molecule has 0 saturated carbocycles. The Balaban J connectivity index is 1.48. The first kappa shape index (κ1) is 16.0. The third-order valence-corrected chi connectivity index (χ3v) is 5.23. The van der Waals surface area contributed by atoms with E-state index in [9.17, 15) is 4.79 Å². The van der Waals surface area contributed by atoms with Crippen molar-refractivity contribution >= 4 is 11.9 Å². The van der Waals surface area contributed by atoms with Crippen molar-refractivity contribution in [2.45, 2.75) is 31.7 Å². The van der Waals surface area contributed by atoms with Gasteiger partial charge in [-0.15, -0.1) is 0 Å². The van der Waals surface area contributed by atoms with Crippen molar-refractivity contribution in [3.8, 4) is 0 Å². The summed E-state index contributed by atoms with van der Waals surface area (Å²) in [6.07, 6.45) is 11.2. The number of pyridine rings is 1. The van der Waals surface area contributed by atoms with Crippen LogP contribution < -0.4 is 4.90 Å². The molecule has 2 atom stereocenters. The van der Waals surface area contributed by atoms with Gasteiger partial charge in [-0.2, -0.15) is 0 Å². The van der Waals surface area contributed by atoms with Gasteiger partial charge in [-0.3, -0.25) is 9.78 Å². The number of amides is 1. The number of carbonyl (C=O) groups excluding carboxylic acids is 1. The van der Waals surface area contributed by atoms with Gasteiger partial charge in [0.05, 0.1) is 12.0 Å². The minimum Gasteiger partial charge on any atom is -0.340 e. The SMILES string of the molecule is O=C([C@@H]1CCCN(c2ncccn2)C1)N1CCC[C@H]1c1ccncc1. The minimum atomic E-state index is 0.0278. The summed E-state index contributed by atoms with van der Waals surface area (Å²) in [6, 6.07) is 6.07. The monoisotopic (exact) mass is 337 g/mol. The Morgan fingerprint density at radius 2 is 1.76 bits per heavy atom. The zero-order valence-corrected chi connectivity index (χ0v) is 14.3. The number of likely N-dealkylation sites (tertiary alicyclic amines) is 1. The summed E-state index contributed by atoms with van der Waals surface area (Å²) in [5.41, 5.74) is 1.19. The lowest BCUT2D eigenvalue weighted by Crippen LogP contribution is -2.45. The maximum atomic E-state index is 13.2. The second-order valence-electron chi connectivity index (χ2n) is 6.80. The zero-order chi connectivity index (χ0) is 17.1. The van der Waals surface area contributed by atoms with Crippen LogP contribution in [0.2, 0.25) is 0 Å². The number of aromatic nitrogens is 3. The summed E-state index contributed by atoms with van der Waals surface area (Å²) < 4.78 is 0. The summed E-state index contributed by atoms with van der Waals surface area (Å²) >= 11 is 0. The predicted octanol–water partition coefficient (Wildman–Crippen LogP) is 2.45. The quantitative estimate of drug-likeness (QED) is 0.861. The molecule has 2 aromatic rings. The fraction of sp³-hybridized carbons (Fsp3) is 0.474. The highest BCUT2D eigenvalue weighted by Gasteiger charge is 2.36. The largest absolute Gasteiger partial charge is 0.340 e. The summed E-state index contributed by atoms with van der Waals surface area (Å²) in [7, 11) is 0. The topological polar surface area (TPSA) is 62.2 Å². The van der Waals surface area contributed by atoms with Gasteiger partial charge in [0.15, 0.2) is 0 Å². The van der Waals surface area contributed by atoms with Crippen LogP contribution in [-0.4, -0.2) is 45.4 Å². The number of hydrogen-bond acceptors (Lipinski definition) is 5. The van der Waals surface area contributed by atoms with Gasteiger partial charge in [0.1, 0.15) is 0 Å². The van der Waals surface area contributed by atoms with Crippen LogP contribution in [0.3, 0.4) is 0 Å². The average Bonchev–Trinajstić information content (AvgIpc) is 3.19. The second-order valence-corrected chi connectivity index (χ2v) is 6.80. The van der Waals surface area contributed by atoms with Crippen LogP contribution >= 0.6 is 0 Å². The first-order chi connectivity index (χ1) is 12.3. The van der Waals surface area contributed by atoms with E-state index >= 15 is 0 Å². The highest BCUT2D eigenvalue weighted by molar-refractivity contribution is 5.80. The average molecular weight is 337 g/mol. The molecule has 25 heavy (non-hydrogen) atoms. The number of carbonyl (C=O) groups is 1. The summed E-state index contributed by atoms with van der Waals surface area (Å²) in [6.45, 7) is 2.48. The van der Waals surface area contributed by atoms with Crippen molar-refractivity contribution in [1.82, 2.24) is 19.9 Å². The Morgan fingerprint density at radius 1 is 1.00 bits per heavy atom. The lowest BCUT2D eigenvalue weighted by Gasteiger charge is -2.35. The van der Waals surface area contributed by atoms with Crippen LogP contribution in [0.1, 0.15) is 37.3 Å². The molecule has 2 aliphatic rings. The fourth-order valence-electron chi connectivity index (χ4n) is 4.01. The minimum absolute atomic E-state index is 0.0278. The molecule has 0 aliphatic carbocycles. The molecule has 2 aliphatic heterocycles. The standard InChI is InChI=1S/C19H23N5O/c25-18(24-13-2-5-17(24)15-6-10-20-11-7-15)16-4-1-12-23(14-16)19-21-8-3-9-22-19/h3,6-11,16-17H,1-2,4-5,12-14H2/t16-,17+/m1/s1. The molecule has 2 saturated heterocycles. The molecule has 0 N–H and O–H groups in total. The van der Waals surface area contributed by atoms with E-state index in [1.165, 1.54) is 5.56 Å². The van der Waals surface area contributed by atoms with E-state index in [4.69, 9.17) is 0 Å². The van der Waals surface area contributed by atoms with Crippen LogP contribution in [0.4, 0.5) is 5.95 Å². The van der Waals surface area contributed by atoms with Crippen LogP contribution in [0.25, 0.3) is 0 Å². The van der Waals surface area contributed by atoms with E-state index < -0.39 is 0 Å². The predicted molar refractivity (Wildman–Crippen MR) is 94.9 cm³/mol. The molecule has 130 valence electrons. The molecule has 6 heteroatoms. The van der Waals surface area contributed by atoms with Crippen LogP contribution in [0.15, 0.2) is 43.0 Å². The molecule has 6 nitrogen and oxygen atoms in total. The first-order valence-corrected chi connectivity index (χ1v) is 9.05. The van der Waals surface area contributed by atoms with E-state index in [1.54, 1.807) is 12.4 Å². The van der Waals surface area contributed by atoms with E-state index in [0.29, 0.717) is 6.54 Å². The molecular weight excluding hydrogens is 314 g/mol. The highest BCUT2D eigenvalue weighted by atomic mass is 16.2. The summed E-state index contributed by atoms with van der Waals surface area (Å²) in [5, 5.41) is 0. The molecule has 0 aromatic carbocycles. The third-order valence-electron chi connectivity index (χ3n) is 5.23. The van der Waals surface area contributed by atoms with Gasteiger partial charge in [0, 0.05) is 44.4 Å². The number of piperidine rings is 1. The summed E-state index contributed by atoms with van der Waals surface area (Å²) in [5.74, 6) is 1.03. The van der Waals surface area contributed by atoms with Gasteiger partial charge in [0.25, 0.3) is 0 Å². The molecule has 0 unspecified atom stereocenters. The van der Waals surface area contributed by atoms with Crippen LogP contribution in [0, 0.1) is 5.92 Å². The highest BCUT2D eigenvalue weighted by Crippen LogP contribution is 2.34. The van der Waals surface area contributed by atoms with Crippen molar-refractivity contribution < 1.29 is 4.79 Å². The van der Waals surface area contributed by atoms with Gasteiger partial charge in [-0.25, -0.2) is 9.97 Å². The third kappa shape index (κ3) is 3.34. The molecular formula is C19H23N5O. The van der Waals surface area contributed by atoms with Crippen molar-refractivity contribution in [1.29, 1.82) is 0 Å². The van der Waals surface area contributed by atoms with Crippen molar-refractivity contribution in [2.24, 2.45) is 5.92 Å². The number of nitrogens with zero attached hydrogens (tertiary/aromatic N) is 5. The van der Waals surface area contributed by atoms with E-state index in [0.717, 1.165) is 44.7 Å². The lowest BCUT2D eigenvalue weighted by atomic mass is 9.95. The Labute approximate surface area is 147 Å². The Bertz CT molecular complexity index is 708. The Morgan fingerprint density at radius 3 is 2.56 bits per heavy atom. The number of anilines is 1. The Kier molecular flexibility index (Phi) is 4.59. The number of rotatable bonds is 3. The van der Waals surface area contributed by atoms with Crippen molar-refractivity contribution in [2.75, 3.05) is 24.5 Å². The van der Waals surface area contributed by atoms with Crippen LogP contribution in [-0.2, 0) is 4.79 Å². The van der Waals surface area contributed by atoms with E-state index in [2.05, 4.69) is 24.8 Å². The van der Waals surface area contributed by atoms with Crippen molar-refractivity contribution in [3.05, 3.63) is 48.5 Å². The van der Waals surface area contributed by atoms with Crippen molar-refractivity contribution in [3.63, 3.8) is 0 Å². The molecule has 0 bridgehead atoms.